The number of ether oxygens (including phenoxy) is 1. The highest BCUT2D eigenvalue weighted by atomic mass is 16.5. The molecule has 1 N–H and O–H groups in total. The maximum atomic E-state index is 11.4. The molecule has 0 heterocycles. The zero-order chi connectivity index (χ0) is 11.4. The van der Waals surface area contributed by atoms with E-state index >= 15 is 0 Å². The van der Waals surface area contributed by atoms with E-state index in [1.165, 1.54) is 32.9 Å². The van der Waals surface area contributed by atoms with Crippen LogP contribution >= 0.6 is 0 Å². The molecule has 0 aromatic heterocycles. The van der Waals surface area contributed by atoms with Gasteiger partial charge in [0.2, 0.25) is 0 Å². The molecular formula is C13H23NO2. The van der Waals surface area contributed by atoms with E-state index in [0.29, 0.717) is 6.04 Å². The Morgan fingerprint density at radius 1 is 1.19 bits per heavy atom. The molecule has 0 amide bonds. The molecule has 92 valence electrons. The second-order valence-corrected chi connectivity index (χ2v) is 5.28. The Kier molecular flexibility index (Phi) is 4.22. The molecule has 3 heteroatoms. The molecule has 0 radical (unpaired) electrons. The summed E-state index contributed by atoms with van der Waals surface area (Å²) in [6, 6.07) is 0.640. The molecule has 2 aliphatic rings. The first kappa shape index (κ1) is 11.9. The summed E-state index contributed by atoms with van der Waals surface area (Å²) in [5.74, 6) is 1.07. The van der Waals surface area contributed by atoms with Crippen LogP contribution in [0.3, 0.4) is 0 Å². The largest absolute Gasteiger partial charge is 0.469 e. The first-order chi connectivity index (χ1) is 7.79. The summed E-state index contributed by atoms with van der Waals surface area (Å²) in [5, 5.41) is 3.65. The monoisotopic (exact) mass is 225 g/mol. The number of methoxy groups -OCH3 is 1. The summed E-state index contributed by atoms with van der Waals surface area (Å²) in [6.07, 6.45) is 8.49. The zero-order valence-corrected chi connectivity index (χ0v) is 10.2. The second kappa shape index (κ2) is 5.67. The van der Waals surface area contributed by atoms with Gasteiger partial charge in [0.1, 0.15) is 0 Å². The van der Waals surface area contributed by atoms with Gasteiger partial charge in [-0.3, -0.25) is 4.79 Å². The van der Waals surface area contributed by atoms with Crippen LogP contribution in [-0.4, -0.2) is 25.7 Å². The van der Waals surface area contributed by atoms with Crippen molar-refractivity contribution in [3.8, 4) is 0 Å². The minimum Gasteiger partial charge on any atom is -0.469 e. The van der Waals surface area contributed by atoms with E-state index < -0.39 is 0 Å². The van der Waals surface area contributed by atoms with Gasteiger partial charge in [-0.25, -0.2) is 0 Å². The van der Waals surface area contributed by atoms with Crippen LogP contribution in [0.25, 0.3) is 0 Å². The van der Waals surface area contributed by atoms with Gasteiger partial charge in [-0.2, -0.15) is 0 Å². The van der Waals surface area contributed by atoms with Crippen LogP contribution in [0.1, 0.15) is 44.9 Å². The minimum atomic E-state index is -0.0163. The predicted octanol–water partition coefficient (Wildman–Crippen LogP) is 2.11. The molecule has 2 aliphatic carbocycles. The Hall–Kier alpha value is -0.570. The van der Waals surface area contributed by atoms with Crippen LogP contribution in [0.2, 0.25) is 0 Å². The van der Waals surface area contributed by atoms with E-state index in [1.54, 1.807) is 0 Å². The molecule has 0 spiro atoms. The standard InChI is InChI=1S/C13H23NO2/c1-16-13(15)11-5-7-12(8-6-11)14-9-10-3-2-4-10/h10-12,14H,2-9H2,1H3. The third kappa shape index (κ3) is 2.97. The van der Waals surface area contributed by atoms with E-state index in [-0.39, 0.29) is 11.9 Å². The molecule has 0 saturated heterocycles. The first-order valence-corrected chi connectivity index (χ1v) is 6.61. The highest BCUT2D eigenvalue weighted by Crippen LogP contribution is 2.28. The lowest BCUT2D eigenvalue weighted by Crippen LogP contribution is -2.39. The third-order valence-corrected chi connectivity index (χ3v) is 4.18. The van der Waals surface area contributed by atoms with Crippen molar-refractivity contribution in [2.75, 3.05) is 13.7 Å². The van der Waals surface area contributed by atoms with Gasteiger partial charge in [0, 0.05) is 6.04 Å². The van der Waals surface area contributed by atoms with Gasteiger partial charge in [-0.1, -0.05) is 6.42 Å². The van der Waals surface area contributed by atoms with Crippen LogP contribution in [0.15, 0.2) is 0 Å². The van der Waals surface area contributed by atoms with Crippen LogP contribution < -0.4 is 5.32 Å². The highest BCUT2D eigenvalue weighted by molar-refractivity contribution is 5.72. The van der Waals surface area contributed by atoms with Gasteiger partial charge in [-0.05, 0) is 51.0 Å². The van der Waals surface area contributed by atoms with Gasteiger partial charge in [0.05, 0.1) is 13.0 Å². The molecule has 16 heavy (non-hydrogen) atoms. The topological polar surface area (TPSA) is 38.3 Å². The van der Waals surface area contributed by atoms with E-state index in [0.717, 1.165) is 31.6 Å². The van der Waals surface area contributed by atoms with Crippen LogP contribution in [0.4, 0.5) is 0 Å². The van der Waals surface area contributed by atoms with Crippen molar-refractivity contribution in [3.63, 3.8) is 0 Å². The lowest BCUT2D eigenvalue weighted by atomic mass is 9.83. The SMILES string of the molecule is COC(=O)C1CCC(NCC2CCC2)CC1. The van der Waals surface area contributed by atoms with Crippen molar-refractivity contribution in [1.29, 1.82) is 0 Å². The average Bonchev–Trinajstić information content (AvgIpc) is 2.27. The van der Waals surface area contributed by atoms with Crippen molar-refractivity contribution in [3.05, 3.63) is 0 Å². The summed E-state index contributed by atoms with van der Waals surface area (Å²) in [6.45, 7) is 1.19. The van der Waals surface area contributed by atoms with Gasteiger partial charge >= 0.3 is 5.97 Å². The molecule has 2 saturated carbocycles. The molecule has 0 unspecified atom stereocenters. The summed E-state index contributed by atoms with van der Waals surface area (Å²) in [5.41, 5.74) is 0. The van der Waals surface area contributed by atoms with Crippen molar-refractivity contribution in [2.45, 2.75) is 51.0 Å². The number of carbonyl (C=O) groups is 1. The number of carbonyl (C=O) groups excluding carboxylic acids is 1. The minimum absolute atomic E-state index is 0.0163. The molecule has 3 nitrogen and oxygen atoms in total. The number of hydrogen-bond donors (Lipinski definition) is 1. The van der Waals surface area contributed by atoms with Crippen molar-refractivity contribution >= 4 is 5.97 Å². The van der Waals surface area contributed by atoms with Crippen molar-refractivity contribution < 1.29 is 9.53 Å². The lowest BCUT2D eigenvalue weighted by Gasteiger charge is -2.31. The quantitative estimate of drug-likeness (QED) is 0.745. The summed E-state index contributed by atoms with van der Waals surface area (Å²) >= 11 is 0. The van der Waals surface area contributed by atoms with E-state index in [9.17, 15) is 4.79 Å². The lowest BCUT2D eigenvalue weighted by molar-refractivity contribution is -0.146. The molecule has 0 aromatic carbocycles. The van der Waals surface area contributed by atoms with Gasteiger partial charge in [0.15, 0.2) is 0 Å². The average molecular weight is 225 g/mol. The molecule has 0 bridgehead atoms. The van der Waals surface area contributed by atoms with Gasteiger partial charge in [0.25, 0.3) is 0 Å². The smallest absolute Gasteiger partial charge is 0.308 e. The Morgan fingerprint density at radius 3 is 2.38 bits per heavy atom. The second-order valence-electron chi connectivity index (χ2n) is 5.28. The third-order valence-electron chi connectivity index (χ3n) is 4.18. The number of rotatable bonds is 4. The van der Waals surface area contributed by atoms with Gasteiger partial charge < -0.3 is 10.1 Å². The maximum Gasteiger partial charge on any atom is 0.308 e. The fourth-order valence-electron chi connectivity index (χ4n) is 2.73. The highest BCUT2D eigenvalue weighted by Gasteiger charge is 2.27. The fourth-order valence-corrected chi connectivity index (χ4v) is 2.73. The van der Waals surface area contributed by atoms with Crippen LogP contribution in [0, 0.1) is 11.8 Å². The Labute approximate surface area is 97.9 Å². The molecule has 2 rings (SSSR count). The van der Waals surface area contributed by atoms with Crippen LogP contribution in [-0.2, 0) is 9.53 Å². The maximum absolute atomic E-state index is 11.4. The summed E-state index contributed by atoms with van der Waals surface area (Å²) in [4.78, 5) is 11.4. The predicted molar refractivity (Wildman–Crippen MR) is 63.1 cm³/mol. The van der Waals surface area contributed by atoms with Crippen molar-refractivity contribution in [1.82, 2.24) is 5.32 Å². The van der Waals surface area contributed by atoms with Gasteiger partial charge in [-0.15, -0.1) is 0 Å². The Morgan fingerprint density at radius 2 is 1.88 bits per heavy atom. The van der Waals surface area contributed by atoms with E-state index in [1.807, 2.05) is 0 Å². The summed E-state index contributed by atoms with van der Waals surface area (Å²) in [7, 11) is 1.49. The number of esters is 1. The summed E-state index contributed by atoms with van der Waals surface area (Å²) < 4.78 is 4.79. The van der Waals surface area contributed by atoms with E-state index in [4.69, 9.17) is 4.74 Å². The van der Waals surface area contributed by atoms with Crippen LogP contribution in [0.5, 0.6) is 0 Å². The Balaban J connectivity index is 1.62. The molecule has 2 fully saturated rings. The Bertz CT molecular complexity index is 230. The number of nitrogens with one attached hydrogen (secondary N) is 1. The molecular weight excluding hydrogens is 202 g/mol. The molecule has 0 aliphatic heterocycles. The zero-order valence-electron chi connectivity index (χ0n) is 10.2. The van der Waals surface area contributed by atoms with Crippen molar-refractivity contribution in [2.24, 2.45) is 11.8 Å². The normalized spacial score (nSPS) is 30.8. The molecule has 0 aromatic rings. The number of hydrogen-bond acceptors (Lipinski definition) is 3. The van der Waals surface area contributed by atoms with E-state index in [2.05, 4.69) is 5.32 Å². The fraction of sp³-hybridized carbons (Fsp3) is 0.923. The first-order valence-electron chi connectivity index (χ1n) is 6.61. The molecule has 0 atom stereocenters.